The largest absolute Gasteiger partial charge is 0.453 e. The van der Waals surface area contributed by atoms with Gasteiger partial charge < -0.3 is 8.94 Å². The molecular formula is C15H10N4O2. The predicted molar refractivity (Wildman–Crippen MR) is 75.3 cm³/mol. The molecule has 102 valence electrons. The number of aryl methyl sites for hydroxylation is 1. The Morgan fingerprint density at radius 2 is 1.95 bits per heavy atom. The van der Waals surface area contributed by atoms with Crippen molar-refractivity contribution < 1.29 is 8.94 Å². The minimum Gasteiger partial charge on any atom is -0.453 e. The first-order valence-electron chi connectivity index (χ1n) is 6.41. The maximum Gasteiger partial charge on any atom is 0.278 e. The summed E-state index contributed by atoms with van der Waals surface area (Å²) < 4.78 is 10.9. The van der Waals surface area contributed by atoms with E-state index in [4.69, 9.17) is 8.94 Å². The average Bonchev–Trinajstić information content (AvgIpc) is 3.14. The number of para-hydroxylation sites is 1. The van der Waals surface area contributed by atoms with Gasteiger partial charge in [-0.3, -0.25) is 4.98 Å². The smallest absolute Gasteiger partial charge is 0.278 e. The van der Waals surface area contributed by atoms with Crippen LogP contribution in [0.4, 0.5) is 0 Å². The van der Waals surface area contributed by atoms with Gasteiger partial charge in [-0.15, -0.1) is 0 Å². The molecule has 3 heterocycles. The van der Waals surface area contributed by atoms with E-state index in [0.29, 0.717) is 23.2 Å². The Labute approximate surface area is 119 Å². The molecule has 0 aliphatic rings. The number of aromatic nitrogens is 4. The molecule has 0 fully saturated rings. The van der Waals surface area contributed by atoms with E-state index in [1.165, 1.54) is 0 Å². The Morgan fingerprint density at radius 1 is 1.05 bits per heavy atom. The summed E-state index contributed by atoms with van der Waals surface area (Å²) in [5, 5.41) is 4.93. The molecule has 0 N–H and O–H groups in total. The quantitative estimate of drug-likeness (QED) is 0.560. The van der Waals surface area contributed by atoms with E-state index in [1.54, 1.807) is 12.4 Å². The van der Waals surface area contributed by atoms with Gasteiger partial charge in [-0.05, 0) is 19.1 Å². The van der Waals surface area contributed by atoms with Crippen LogP contribution in [0.5, 0.6) is 0 Å². The highest BCUT2D eigenvalue weighted by molar-refractivity contribution is 5.81. The van der Waals surface area contributed by atoms with Gasteiger partial charge in [-0.25, -0.2) is 4.98 Å². The van der Waals surface area contributed by atoms with Crippen LogP contribution in [0.25, 0.3) is 34.1 Å². The Bertz CT molecular complexity index is 876. The Balaban J connectivity index is 1.75. The van der Waals surface area contributed by atoms with Crippen LogP contribution in [-0.4, -0.2) is 20.1 Å². The summed E-state index contributed by atoms with van der Waals surface area (Å²) in [6, 6.07) is 9.61. The first kappa shape index (κ1) is 11.8. The zero-order valence-electron chi connectivity index (χ0n) is 11.1. The van der Waals surface area contributed by atoms with Crippen molar-refractivity contribution in [1.82, 2.24) is 20.1 Å². The lowest BCUT2D eigenvalue weighted by Gasteiger charge is -1.92. The van der Waals surface area contributed by atoms with Crippen LogP contribution in [-0.2, 0) is 0 Å². The molecule has 6 heteroatoms. The molecule has 1 aromatic carbocycles. The number of furan rings is 1. The third-order valence-corrected chi connectivity index (χ3v) is 3.07. The van der Waals surface area contributed by atoms with Crippen molar-refractivity contribution in [1.29, 1.82) is 0 Å². The summed E-state index contributed by atoms with van der Waals surface area (Å²) >= 11 is 0. The molecule has 0 amide bonds. The highest BCUT2D eigenvalue weighted by Crippen LogP contribution is 2.27. The van der Waals surface area contributed by atoms with Gasteiger partial charge in [0.25, 0.3) is 5.89 Å². The topological polar surface area (TPSA) is 77.8 Å². The van der Waals surface area contributed by atoms with Crippen LogP contribution in [0, 0.1) is 6.92 Å². The monoisotopic (exact) mass is 278 g/mol. The number of rotatable bonds is 2. The van der Waals surface area contributed by atoms with Gasteiger partial charge in [-0.1, -0.05) is 23.4 Å². The third-order valence-electron chi connectivity index (χ3n) is 3.07. The molecule has 3 aromatic heterocycles. The summed E-state index contributed by atoms with van der Waals surface area (Å²) in [7, 11) is 0. The third kappa shape index (κ3) is 2.06. The normalized spacial score (nSPS) is 11.1. The summed E-state index contributed by atoms with van der Waals surface area (Å²) in [5.41, 5.74) is 2.15. The molecule has 0 aliphatic carbocycles. The molecule has 0 aliphatic heterocycles. The van der Waals surface area contributed by atoms with Crippen molar-refractivity contribution in [2.75, 3.05) is 0 Å². The number of nitrogens with zero attached hydrogens (tertiary/aromatic N) is 4. The van der Waals surface area contributed by atoms with Gasteiger partial charge in [0.15, 0.2) is 5.76 Å². The first-order chi connectivity index (χ1) is 10.3. The van der Waals surface area contributed by atoms with Gasteiger partial charge >= 0.3 is 0 Å². The maximum atomic E-state index is 5.70. The summed E-state index contributed by atoms with van der Waals surface area (Å²) in [6.45, 7) is 1.87. The van der Waals surface area contributed by atoms with Crippen molar-refractivity contribution in [3.8, 4) is 23.2 Å². The maximum absolute atomic E-state index is 5.70. The van der Waals surface area contributed by atoms with E-state index in [-0.39, 0.29) is 0 Å². The fraction of sp³-hybridized carbons (Fsp3) is 0.0667. The lowest BCUT2D eigenvalue weighted by atomic mass is 10.2. The predicted octanol–water partition coefficient (Wildman–Crippen LogP) is 3.25. The minimum absolute atomic E-state index is 0.318. The van der Waals surface area contributed by atoms with Crippen LogP contribution in [0.3, 0.4) is 0 Å². The minimum atomic E-state index is 0.318. The molecule has 0 unspecified atom stereocenters. The highest BCUT2D eigenvalue weighted by Gasteiger charge is 2.15. The number of hydrogen-bond donors (Lipinski definition) is 0. The molecule has 0 saturated carbocycles. The summed E-state index contributed by atoms with van der Waals surface area (Å²) in [6.07, 6.45) is 3.26. The van der Waals surface area contributed by atoms with Crippen molar-refractivity contribution in [2.45, 2.75) is 6.92 Å². The Morgan fingerprint density at radius 3 is 2.76 bits per heavy atom. The van der Waals surface area contributed by atoms with Gasteiger partial charge in [-0.2, -0.15) is 4.98 Å². The van der Waals surface area contributed by atoms with E-state index >= 15 is 0 Å². The van der Waals surface area contributed by atoms with E-state index in [2.05, 4.69) is 20.1 Å². The van der Waals surface area contributed by atoms with Crippen molar-refractivity contribution >= 4 is 11.0 Å². The first-order valence-corrected chi connectivity index (χ1v) is 6.41. The number of hydrogen-bond acceptors (Lipinski definition) is 6. The van der Waals surface area contributed by atoms with Crippen LogP contribution in [0.15, 0.2) is 51.7 Å². The zero-order valence-corrected chi connectivity index (χ0v) is 11.1. The van der Waals surface area contributed by atoms with Crippen molar-refractivity contribution in [2.24, 2.45) is 0 Å². The van der Waals surface area contributed by atoms with E-state index in [9.17, 15) is 0 Å². The lowest BCUT2D eigenvalue weighted by Crippen LogP contribution is -1.87. The molecule has 0 saturated heterocycles. The molecule has 0 atom stereocenters. The number of benzene rings is 1. The molecule has 4 rings (SSSR count). The fourth-order valence-electron chi connectivity index (χ4n) is 2.02. The molecule has 6 nitrogen and oxygen atoms in total. The molecule has 0 bridgehead atoms. The van der Waals surface area contributed by atoms with Crippen molar-refractivity contribution in [3.63, 3.8) is 0 Å². The van der Waals surface area contributed by atoms with Gasteiger partial charge in [0.1, 0.15) is 11.3 Å². The van der Waals surface area contributed by atoms with Gasteiger partial charge in [0.2, 0.25) is 5.82 Å². The highest BCUT2D eigenvalue weighted by atomic mass is 16.5. The summed E-state index contributed by atoms with van der Waals surface area (Å²) in [4.78, 5) is 12.7. The number of fused-ring (bicyclic) bond motifs is 1. The van der Waals surface area contributed by atoms with Gasteiger partial charge in [0, 0.05) is 11.6 Å². The molecule has 0 radical (unpaired) electrons. The Hall–Kier alpha value is -3.02. The van der Waals surface area contributed by atoms with E-state index in [0.717, 1.165) is 16.7 Å². The van der Waals surface area contributed by atoms with E-state index < -0.39 is 0 Å². The van der Waals surface area contributed by atoms with Gasteiger partial charge in [0.05, 0.1) is 11.9 Å². The lowest BCUT2D eigenvalue weighted by molar-refractivity contribution is 0.428. The second kappa shape index (κ2) is 4.52. The van der Waals surface area contributed by atoms with Crippen molar-refractivity contribution in [3.05, 3.63) is 48.4 Å². The van der Waals surface area contributed by atoms with E-state index in [1.807, 2.05) is 37.3 Å². The average molecular weight is 278 g/mol. The second-order valence-electron chi connectivity index (χ2n) is 4.61. The Kier molecular flexibility index (Phi) is 2.53. The fourth-order valence-corrected chi connectivity index (χ4v) is 2.02. The molecule has 0 spiro atoms. The summed E-state index contributed by atoms with van der Waals surface area (Å²) in [5.74, 6) is 1.27. The zero-order chi connectivity index (χ0) is 14.2. The van der Waals surface area contributed by atoms with Crippen LogP contribution < -0.4 is 0 Å². The molecule has 4 aromatic rings. The SMILES string of the molecule is Cc1cnc(-c2nc(-c3cc4ccccc4o3)no2)cn1. The van der Waals surface area contributed by atoms with Crippen LogP contribution in [0.2, 0.25) is 0 Å². The van der Waals surface area contributed by atoms with Crippen LogP contribution in [0.1, 0.15) is 5.69 Å². The second-order valence-corrected chi connectivity index (χ2v) is 4.61. The van der Waals surface area contributed by atoms with Crippen LogP contribution >= 0.6 is 0 Å². The molecule has 21 heavy (non-hydrogen) atoms. The standard InChI is InChI=1S/C15H10N4O2/c1-9-7-17-11(8-16-9)15-18-14(19-21-15)13-6-10-4-2-3-5-12(10)20-13/h2-8H,1H3. The molecular weight excluding hydrogens is 268 g/mol.